The van der Waals surface area contributed by atoms with Gasteiger partial charge < -0.3 is 19.9 Å². The zero-order valence-electron chi connectivity index (χ0n) is 17.8. The van der Waals surface area contributed by atoms with Crippen LogP contribution in [0, 0.1) is 0 Å². The minimum absolute atomic E-state index is 0.0871. The van der Waals surface area contributed by atoms with Gasteiger partial charge in [0, 0.05) is 35.3 Å². The quantitative estimate of drug-likeness (QED) is 0.220. The minimum atomic E-state index is -0.460. The van der Waals surface area contributed by atoms with Gasteiger partial charge in [0.1, 0.15) is 23.9 Å². The fourth-order valence-electron chi connectivity index (χ4n) is 2.84. The van der Waals surface area contributed by atoms with E-state index in [2.05, 4.69) is 15.8 Å². The van der Waals surface area contributed by atoms with Gasteiger partial charge in [-0.3, -0.25) is 4.79 Å². The van der Waals surface area contributed by atoms with Crippen molar-refractivity contribution >= 4 is 35.3 Å². The van der Waals surface area contributed by atoms with Crippen molar-refractivity contribution in [3.8, 4) is 17.2 Å². The molecule has 0 aliphatic rings. The van der Waals surface area contributed by atoms with E-state index in [1.807, 2.05) is 24.3 Å². The third-order valence-electron chi connectivity index (χ3n) is 4.57. The Balaban J connectivity index is 1.48. The van der Waals surface area contributed by atoms with Crippen LogP contribution in [-0.4, -0.2) is 37.5 Å². The average Bonchev–Trinajstić information content (AvgIpc) is 2.82. The van der Waals surface area contributed by atoms with Crippen LogP contribution >= 0.6 is 23.2 Å². The first kappa shape index (κ1) is 24.4. The summed E-state index contributed by atoms with van der Waals surface area (Å²) in [5.41, 5.74) is 4.49. The van der Waals surface area contributed by atoms with Crippen LogP contribution in [0.2, 0.25) is 10.0 Å². The number of rotatable bonds is 10. The number of benzene rings is 3. The second-order valence-electron chi connectivity index (χ2n) is 6.92. The first-order valence-corrected chi connectivity index (χ1v) is 10.8. The van der Waals surface area contributed by atoms with Crippen molar-refractivity contribution in [2.45, 2.75) is 6.54 Å². The SMILES string of the molecule is COc1cc(OCCNCc2ccc(Cl)cc2)ccc1/C=N/NC(=O)c1ccc(O)c(Cl)c1. The van der Waals surface area contributed by atoms with E-state index in [1.54, 1.807) is 25.3 Å². The minimum Gasteiger partial charge on any atom is -0.506 e. The number of aromatic hydroxyl groups is 1. The van der Waals surface area contributed by atoms with E-state index in [9.17, 15) is 9.90 Å². The number of nitrogens with zero attached hydrogens (tertiary/aromatic N) is 1. The highest BCUT2D eigenvalue weighted by molar-refractivity contribution is 6.32. The molecule has 0 spiro atoms. The van der Waals surface area contributed by atoms with Gasteiger partial charge in [0.2, 0.25) is 0 Å². The van der Waals surface area contributed by atoms with Crippen LogP contribution in [0.25, 0.3) is 0 Å². The summed E-state index contributed by atoms with van der Waals surface area (Å²) < 4.78 is 11.2. The number of hydrogen-bond donors (Lipinski definition) is 3. The molecule has 3 aromatic rings. The van der Waals surface area contributed by atoms with Gasteiger partial charge in [-0.2, -0.15) is 5.10 Å². The van der Waals surface area contributed by atoms with Gasteiger partial charge in [0.25, 0.3) is 5.91 Å². The van der Waals surface area contributed by atoms with E-state index in [0.29, 0.717) is 35.2 Å². The maximum Gasteiger partial charge on any atom is 0.271 e. The molecule has 0 aliphatic heterocycles. The third kappa shape index (κ3) is 7.39. The number of methoxy groups -OCH3 is 1. The lowest BCUT2D eigenvalue weighted by Gasteiger charge is -2.10. The van der Waals surface area contributed by atoms with Gasteiger partial charge in [-0.25, -0.2) is 5.43 Å². The lowest BCUT2D eigenvalue weighted by atomic mass is 10.2. The number of phenolic OH excluding ortho intramolecular Hbond substituents is 1. The van der Waals surface area contributed by atoms with E-state index < -0.39 is 5.91 Å². The van der Waals surface area contributed by atoms with Gasteiger partial charge >= 0.3 is 0 Å². The van der Waals surface area contributed by atoms with Crippen LogP contribution in [0.1, 0.15) is 21.5 Å². The highest BCUT2D eigenvalue weighted by Gasteiger charge is 2.08. The molecule has 1 amide bonds. The molecule has 0 saturated carbocycles. The number of nitrogens with one attached hydrogen (secondary N) is 2. The molecule has 0 fully saturated rings. The van der Waals surface area contributed by atoms with E-state index in [4.69, 9.17) is 32.7 Å². The standard InChI is InChI=1S/C24H23Cl2N3O4/c1-32-23-13-20(33-11-10-27-14-16-2-6-19(25)7-3-16)8-4-18(23)15-28-29-24(31)17-5-9-22(30)21(26)12-17/h2-9,12-13,15,27,30H,10-11,14H2,1H3,(H,29,31)/b28-15+. The van der Waals surface area contributed by atoms with Crippen LogP contribution in [-0.2, 0) is 6.54 Å². The van der Waals surface area contributed by atoms with Gasteiger partial charge in [-0.1, -0.05) is 35.3 Å². The second-order valence-corrected chi connectivity index (χ2v) is 7.76. The molecule has 0 bridgehead atoms. The van der Waals surface area contributed by atoms with Gasteiger partial charge in [0.15, 0.2) is 0 Å². The molecular weight excluding hydrogens is 465 g/mol. The Hall–Kier alpha value is -3.26. The number of carbonyl (C=O) groups is 1. The predicted molar refractivity (Wildman–Crippen MR) is 130 cm³/mol. The molecule has 0 radical (unpaired) electrons. The Morgan fingerprint density at radius 1 is 1.09 bits per heavy atom. The zero-order chi connectivity index (χ0) is 23.6. The topological polar surface area (TPSA) is 92.2 Å². The van der Waals surface area contributed by atoms with Gasteiger partial charge in [-0.15, -0.1) is 0 Å². The highest BCUT2D eigenvalue weighted by Crippen LogP contribution is 2.24. The van der Waals surface area contributed by atoms with Crippen molar-refractivity contribution in [1.29, 1.82) is 0 Å². The molecule has 3 rings (SSSR count). The van der Waals surface area contributed by atoms with Crippen LogP contribution < -0.4 is 20.2 Å². The van der Waals surface area contributed by atoms with E-state index >= 15 is 0 Å². The third-order valence-corrected chi connectivity index (χ3v) is 5.13. The summed E-state index contributed by atoms with van der Waals surface area (Å²) in [6.45, 7) is 1.87. The number of hydrogen-bond acceptors (Lipinski definition) is 6. The summed E-state index contributed by atoms with van der Waals surface area (Å²) in [5, 5.41) is 17.5. The van der Waals surface area contributed by atoms with Crippen molar-refractivity contribution in [2.24, 2.45) is 5.10 Å². The maximum absolute atomic E-state index is 12.2. The molecule has 3 aromatic carbocycles. The number of amides is 1. The normalized spacial score (nSPS) is 10.9. The lowest BCUT2D eigenvalue weighted by Crippen LogP contribution is -2.20. The van der Waals surface area contributed by atoms with E-state index in [1.165, 1.54) is 24.4 Å². The smallest absolute Gasteiger partial charge is 0.271 e. The van der Waals surface area contributed by atoms with Crippen LogP contribution in [0.5, 0.6) is 17.2 Å². The Morgan fingerprint density at radius 2 is 1.88 bits per heavy atom. The Kier molecular flexibility index (Phi) is 8.95. The van der Waals surface area contributed by atoms with Crippen LogP contribution in [0.4, 0.5) is 0 Å². The molecule has 0 heterocycles. The molecule has 7 nitrogen and oxygen atoms in total. The molecule has 172 valence electrons. The summed E-state index contributed by atoms with van der Waals surface area (Å²) >= 11 is 11.7. The number of halogens is 2. The summed E-state index contributed by atoms with van der Waals surface area (Å²) in [7, 11) is 1.54. The number of carbonyl (C=O) groups excluding carboxylic acids is 1. The van der Waals surface area contributed by atoms with E-state index in [0.717, 1.165) is 12.1 Å². The molecule has 33 heavy (non-hydrogen) atoms. The van der Waals surface area contributed by atoms with E-state index in [-0.39, 0.29) is 16.3 Å². The van der Waals surface area contributed by atoms with Crippen molar-refractivity contribution < 1.29 is 19.4 Å². The largest absolute Gasteiger partial charge is 0.506 e. The van der Waals surface area contributed by atoms with Crippen molar-refractivity contribution in [1.82, 2.24) is 10.7 Å². The fourth-order valence-corrected chi connectivity index (χ4v) is 3.14. The second kappa shape index (κ2) is 12.1. The molecular formula is C24H23Cl2N3O4. The number of phenols is 1. The molecule has 0 unspecified atom stereocenters. The summed E-state index contributed by atoms with van der Waals surface area (Å²) in [5.74, 6) is 0.645. The molecule has 3 N–H and O–H groups in total. The first-order valence-electron chi connectivity index (χ1n) is 10.0. The van der Waals surface area contributed by atoms with Crippen molar-refractivity contribution in [3.05, 3.63) is 87.4 Å². The number of hydrazone groups is 1. The number of ether oxygens (including phenoxy) is 2. The Labute approximate surface area is 201 Å². The molecule has 0 atom stereocenters. The maximum atomic E-state index is 12.2. The molecule has 0 aliphatic carbocycles. The van der Waals surface area contributed by atoms with Crippen molar-refractivity contribution in [3.63, 3.8) is 0 Å². The average molecular weight is 488 g/mol. The van der Waals surface area contributed by atoms with Gasteiger partial charge in [0.05, 0.1) is 18.3 Å². The highest BCUT2D eigenvalue weighted by atomic mass is 35.5. The monoisotopic (exact) mass is 487 g/mol. The van der Waals surface area contributed by atoms with Crippen LogP contribution in [0.15, 0.2) is 65.8 Å². The van der Waals surface area contributed by atoms with Crippen LogP contribution in [0.3, 0.4) is 0 Å². The summed E-state index contributed by atoms with van der Waals surface area (Å²) in [4.78, 5) is 12.2. The Morgan fingerprint density at radius 3 is 2.61 bits per heavy atom. The van der Waals surface area contributed by atoms with Crippen molar-refractivity contribution in [2.75, 3.05) is 20.3 Å². The van der Waals surface area contributed by atoms with Gasteiger partial charge in [-0.05, 0) is 48.0 Å². The molecule has 0 aromatic heterocycles. The Bertz CT molecular complexity index is 1120. The zero-order valence-corrected chi connectivity index (χ0v) is 19.4. The fraction of sp³-hybridized carbons (Fsp3) is 0.167. The summed E-state index contributed by atoms with van der Waals surface area (Å²) in [6, 6.07) is 17.2. The first-order chi connectivity index (χ1) is 16.0. The molecule has 0 saturated heterocycles. The summed E-state index contributed by atoms with van der Waals surface area (Å²) in [6.07, 6.45) is 1.47. The molecule has 9 heteroatoms. The lowest BCUT2D eigenvalue weighted by molar-refractivity contribution is 0.0955. The predicted octanol–water partition coefficient (Wildman–Crippen LogP) is 4.64.